The minimum Gasteiger partial charge on any atom is -0.308 e. The van der Waals surface area contributed by atoms with Gasteiger partial charge in [0.1, 0.15) is 10.9 Å². The van der Waals surface area contributed by atoms with Crippen molar-refractivity contribution in [1.29, 1.82) is 0 Å². The molecule has 0 spiro atoms. The molecule has 3 aromatic rings. The first-order chi connectivity index (χ1) is 10.2. The second-order valence-corrected chi connectivity index (χ2v) is 5.61. The Bertz CT molecular complexity index is 988. The van der Waals surface area contributed by atoms with E-state index in [1.54, 1.807) is 4.90 Å². The Balaban J connectivity index is 2.15. The molecular weight excluding hydrogens is 288 g/mol. The van der Waals surface area contributed by atoms with E-state index in [1.807, 2.05) is 31.2 Å². The molecular formula is C14H10N4O2S. The van der Waals surface area contributed by atoms with Crippen molar-refractivity contribution in [2.24, 2.45) is 0 Å². The van der Waals surface area contributed by atoms with Gasteiger partial charge in [-0.15, -0.1) is 0 Å². The van der Waals surface area contributed by atoms with Gasteiger partial charge < -0.3 is 4.90 Å². The Labute approximate surface area is 123 Å². The molecule has 1 aromatic carbocycles. The van der Waals surface area contributed by atoms with Crippen molar-refractivity contribution < 1.29 is 4.79 Å². The molecule has 1 amide bonds. The van der Waals surface area contributed by atoms with E-state index in [4.69, 9.17) is 0 Å². The van der Waals surface area contributed by atoms with Gasteiger partial charge in [-0.25, -0.2) is 4.98 Å². The van der Waals surface area contributed by atoms with Gasteiger partial charge in [-0.05, 0) is 13.0 Å². The molecule has 1 aliphatic heterocycles. The van der Waals surface area contributed by atoms with E-state index >= 15 is 0 Å². The van der Waals surface area contributed by atoms with Gasteiger partial charge in [0.15, 0.2) is 0 Å². The van der Waals surface area contributed by atoms with Crippen LogP contribution in [-0.2, 0) is 4.79 Å². The van der Waals surface area contributed by atoms with Crippen LogP contribution in [-0.4, -0.2) is 27.0 Å². The summed E-state index contributed by atoms with van der Waals surface area (Å²) in [6.07, 6.45) is 1.34. The molecule has 0 bridgehead atoms. The zero-order chi connectivity index (χ0) is 14.6. The number of hydrogen-bond donors (Lipinski definition) is 0. The normalized spacial score (nSPS) is 16.8. The van der Waals surface area contributed by atoms with Gasteiger partial charge in [0.2, 0.25) is 4.96 Å². The number of aromatic nitrogens is 3. The van der Waals surface area contributed by atoms with Crippen molar-refractivity contribution in [2.45, 2.75) is 6.92 Å². The minimum atomic E-state index is -0.288. The van der Waals surface area contributed by atoms with E-state index in [1.165, 1.54) is 22.2 Å². The third-order valence-corrected chi connectivity index (χ3v) is 4.61. The number of anilines is 1. The Morgan fingerprint density at radius 2 is 2.05 bits per heavy atom. The van der Waals surface area contributed by atoms with Crippen LogP contribution in [0, 0.1) is 0 Å². The van der Waals surface area contributed by atoms with Gasteiger partial charge in [0.05, 0.1) is 11.3 Å². The van der Waals surface area contributed by atoms with Crippen LogP contribution in [0.25, 0.3) is 10.5 Å². The number of hydrogen-bond acceptors (Lipinski definition) is 5. The average molecular weight is 298 g/mol. The summed E-state index contributed by atoms with van der Waals surface area (Å²) in [6.45, 7) is 2.48. The maximum absolute atomic E-state index is 12.7. The molecule has 0 atom stereocenters. The summed E-state index contributed by atoms with van der Waals surface area (Å²) < 4.78 is 1.64. The first kappa shape index (κ1) is 12.2. The van der Waals surface area contributed by atoms with Gasteiger partial charge in [-0.2, -0.15) is 9.61 Å². The molecule has 104 valence electrons. The molecule has 21 heavy (non-hydrogen) atoms. The van der Waals surface area contributed by atoms with Gasteiger partial charge in [0, 0.05) is 12.1 Å². The van der Waals surface area contributed by atoms with Crippen molar-refractivity contribution in [3.63, 3.8) is 0 Å². The number of carbonyl (C=O) groups is 1. The number of fused-ring (bicyclic) bond motifs is 2. The summed E-state index contributed by atoms with van der Waals surface area (Å²) in [5, 5.41) is 3.90. The molecule has 3 heterocycles. The Hall–Kier alpha value is -2.54. The highest BCUT2D eigenvalue weighted by molar-refractivity contribution is 7.15. The molecule has 2 aromatic heterocycles. The Morgan fingerprint density at radius 3 is 2.81 bits per heavy atom. The summed E-state index contributed by atoms with van der Waals surface area (Å²) in [7, 11) is 0. The van der Waals surface area contributed by atoms with Gasteiger partial charge >= 0.3 is 0 Å². The second-order valence-electron chi connectivity index (χ2n) is 4.63. The summed E-state index contributed by atoms with van der Waals surface area (Å²) in [5.74, 6) is -0.139. The van der Waals surface area contributed by atoms with Crippen molar-refractivity contribution >= 4 is 33.5 Å². The highest BCUT2D eigenvalue weighted by Gasteiger charge is 2.33. The van der Waals surface area contributed by atoms with Crippen LogP contribution >= 0.6 is 11.3 Å². The maximum Gasteiger partial charge on any atom is 0.291 e. The number of likely N-dealkylation sites (N-methyl/N-ethyl adjacent to an activating group) is 1. The standard InChI is InChI=1S/C14H10N4O2S/c1-2-17-9-6-4-3-5-8(9)10(12(17)19)11-13(20)18-14(21-11)15-7-16-18/h3-7H,2H2,1H3. The topological polar surface area (TPSA) is 67.6 Å². The van der Waals surface area contributed by atoms with Crippen molar-refractivity contribution in [2.75, 3.05) is 11.4 Å². The zero-order valence-corrected chi connectivity index (χ0v) is 11.9. The molecule has 0 aliphatic carbocycles. The molecule has 0 N–H and O–H groups in total. The molecule has 0 unspecified atom stereocenters. The van der Waals surface area contributed by atoms with E-state index in [9.17, 15) is 9.59 Å². The third-order valence-electron chi connectivity index (χ3n) is 3.56. The monoisotopic (exact) mass is 298 g/mol. The van der Waals surface area contributed by atoms with Crippen LogP contribution in [0.1, 0.15) is 12.5 Å². The smallest absolute Gasteiger partial charge is 0.291 e. The summed E-state index contributed by atoms with van der Waals surface area (Å²) in [5.41, 5.74) is 1.81. The number of rotatable bonds is 1. The first-order valence-corrected chi connectivity index (χ1v) is 7.32. The lowest BCUT2D eigenvalue weighted by atomic mass is 10.1. The summed E-state index contributed by atoms with van der Waals surface area (Å²) >= 11 is 1.20. The third kappa shape index (κ3) is 1.52. The Kier molecular flexibility index (Phi) is 2.46. The Morgan fingerprint density at radius 1 is 1.24 bits per heavy atom. The largest absolute Gasteiger partial charge is 0.308 e. The highest BCUT2D eigenvalue weighted by Crippen LogP contribution is 2.34. The van der Waals surface area contributed by atoms with Crippen molar-refractivity contribution in [1.82, 2.24) is 14.6 Å². The molecule has 1 aliphatic rings. The summed E-state index contributed by atoms with van der Waals surface area (Å²) in [4.78, 5) is 31.3. The lowest BCUT2D eigenvalue weighted by Gasteiger charge is -2.13. The molecule has 0 saturated carbocycles. The van der Waals surface area contributed by atoms with E-state index in [0.29, 0.717) is 21.6 Å². The zero-order valence-electron chi connectivity index (χ0n) is 11.1. The number of benzene rings is 1. The van der Waals surface area contributed by atoms with Crippen LogP contribution in [0.5, 0.6) is 0 Å². The number of carbonyl (C=O) groups excluding carboxylic acids is 1. The molecule has 0 radical (unpaired) electrons. The number of nitrogens with zero attached hydrogens (tertiary/aromatic N) is 4. The van der Waals surface area contributed by atoms with Crippen LogP contribution in [0.3, 0.4) is 0 Å². The predicted octanol–water partition coefficient (Wildman–Crippen LogP) is 0.435. The van der Waals surface area contributed by atoms with Gasteiger partial charge in [-0.3, -0.25) is 9.59 Å². The lowest BCUT2D eigenvalue weighted by molar-refractivity contribution is -0.113. The maximum atomic E-state index is 12.7. The fourth-order valence-electron chi connectivity index (χ4n) is 2.64. The number of amides is 1. The predicted molar refractivity (Wildman–Crippen MR) is 79.3 cm³/mol. The van der Waals surface area contributed by atoms with E-state index in [-0.39, 0.29) is 11.5 Å². The van der Waals surface area contributed by atoms with Crippen LogP contribution < -0.4 is 15.0 Å². The number of thiazole rings is 1. The van der Waals surface area contributed by atoms with Crippen molar-refractivity contribution in [3.8, 4) is 0 Å². The quantitative estimate of drug-likeness (QED) is 0.653. The van der Waals surface area contributed by atoms with Crippen LogP contribution in [0.4, 0.5) is 5.69 Å². The second kappa shape index (κ2) is 4.23. The molecule has 6 nitrogen and oxygen atoms in total. The van der Waals surface area contributed by atoms with E-state index < -0.39 is 0 Å². The van der Waals surface area contributed by atoms with Crippen molar-refractivity contribution in [3.05, 3.63) is 51.0 Å². The van der Waals surface area contributed by atoms with Crippen LogP contribution in [0.2, 0.25) is 0 Å². The fourth-order valence-corrected chi connectivity index (χ4v) is 3.61. The first-order valence-electron chi connectivity index (χ1n) is 6.50. The summed E-state index contributed by atoms with van der Waals surface area (Å²) in [6, 6.07) is 7.52. The minimum absolute atomic E-state index is 0.139. The van der Waals surface area contributed by atoms with Gasteiger partial charge in [-0.1, -0.05) is 29.5 Å². The molecule has 0 fully saturated rings. The molecule has 0 saturated heterocycles. The van der Waals surface area contributed by atoms with Gasteiger partial charge in [0.25, 0.3) is 11.5 Å². The lowest BCUT2D eigenvalue weighted by Crippen LogP contribution is -2.32. The average Bonchev–Trinajstić information content (AvgIpc) is 3.13. The van der Waals surface area contributed by atoms with Crippen LogP contribution in [0.15, 0.2) is 35.4 Å². The van der Waals surface area contributed by atoms with E-state index in [2.05, 4.69) is 10.1 Å². The SMILES string of the molecule is CCN1C(=O)C(=c2sc3ncnn3c2=O)c2ccccc21. The molecule has 7 heteroatoms. The van der Waals surface area contributed by atoms with E-state index in [0.717, 1.165) is 11.3 Å². The number of para-hydroxylation sites is 1. The highest BCUT2D eigenvalue weighted by atomic mass is 32.1. The molecule has 4 rings (SSSR count). The fraction of sp³-hybridized carbons (Fsp3) is 0.143.